The molecule has 0 saturated heterocycles. The number of nitrogens with zero attached hydrogens (tertiary/aromatic N) is 1. The summed E-state index contributed by atoms with van der Waals surface area (Å²) in [5.41, 5.74) is 0.743. The lowest BCUT2D eigenvalue weighted by Gasteiger charge is -2.25. The summed E-state index contributed by atoms with van der Waals surface area (Å²) in [4.78, 5) is 14.0. The highest BCUT2D eigenvalue weighted by molar-refractivity contribution is 7.89. The molecule has 2 N–H and O–H groups in total. The lowest BCUT2D eigenvalue weighted by molar-refractivity contribution is -0.121. The highest BCUT2D eigenvalue weighted by Crippen LogP contribution is 2.18. The quantitative estimate of drug-likeness (QED) is 0.644. The molecule has 9 heteroatoms. The molecule has 0 saturated carbocycles. The standard InChI is InChI=1S/C19H23ClFN3O3S/c1-24(2)18(14-5-3-7-16(21)11-14)13-22-19(25)9-10-23-28(26,27)17-8-4-6-15(20)12-17/h3-8,11-12,18,23H,9-10,13H2,1-2H3,(H,22,25). The van der Waals surface area contributed by atoms with Crippen molar-refractivity contribution in [3.63, 3.8) is 0 Å². The first-order chi connectivity index (χ1) is 13.2. The molecule has 6 nitrogen and oxygen atoms in total. The number of hydrogen-bond acceptors (Lipinski definition) is 4. The molecular formula is C19H23ClFN3O3S. The lowest BCUT2D eigenvalue weighted by atomic mass is 10.1. The summed E-state index contributed by atoms with van der Waals surface area (Å²) in [5.74, 6) is -0.650. The summed E-state index contributed by atoms with van der Waals surface area (Å²) in [6, 6.07) is 11.9. The fraction of sp³-hybridized carbons (Fsp3) is 0.316. The van der Waals surface area contributed by atoms with Gasteiger partial charge >= 0.3 is 0 Å². The second kappa shape index (κ2) is 9.97. The number of nitrogens with one attached hydrogen (secondary N) is 2. The predicted octanol–water partition coefficient (Wildman–Crippen LogP) is 2.57. The smallest absolute Gasteiger partial charge is 0.240 e. The average molecular weight is 428 g/mol. The number of likely N-dealkylation sites (N-methyl/N-ethyl adjacent to an activating group) is 1. The fourth-order valence-electron chi connectivity index (χ4n) is 2.63. The third-order valence-corrected chi connectivity index (χ3v) is 5.79. The summed E-state index contributed by atoms with van der Waals surface area (Å²) in [6.45, 7) is 0.226. The van der Waals surface area contributed by atoms with Gasteiger partial charge in [-0.25, -0.2) is 17.5 Å². The predicted molar refractivity (Wildman–Crippen MR) is 107 cm³/mol. The average Bonchev–Trinajstić information content (AvgIpc) is 2.61. The van der Waals surface area contributed by atoms with Crippen molar-refractivity contribution in [1.82, 2.24) is 14.9 Å². The molecule has 152 valence electrons. The highest BCUT2D eigenvalue weighted by atomic mass is 35.5. The summed E-state index contributed by atoms with van der Waals surface area (Å²) in [6.07, 6.45) is -0.0247. The zero-order chi connectivity index (χ0) is 20.7. The lowest BCUT2D eigenvalue weighted by Crippen LogP contribution is -2.36. The summed E-state index contributed by atoms with van der Waals surface area (Å²) < 4.78 is 40.2. The number of sulfonamides is 1. The van der Waals surface area contributed by atoms with Crippen molar-refractivity contribution in [2.24, 2.45) is 0 Å². The monoisotopic (exact) mass is 427 g/mol. The van der Waals surface area contributed by atoms with Gasteiger partial charge in [0.05, 0.1) is 10.9 Å². The van der Waals surface area contributed by atoms with E-state index in [2.05, 4.69) is 10.0 Å². The van der Waals surface area contributed by atoms with Gasteiger partial charge in [-0.2, -0.15) is 0 Å². The summed E-state index contributed by atoms with van der Waals surface area (Å²) in [5, 5.41) is 3.07. The van der Waals surface area contributed by atoms with E-state index < -0.39 is 10.0 Å². The van der Waals surface area contributed by atoms with Crippen molar-refractivity contribution < 1.29 is 17.6 Å². The van der Waals surface area contributed by atoms with Gasteiger partial charge in [0.25, 0.3) is 0 Å². The van der Waals surface area contributed by atoms with Crippen molar-refractivity contribution in [3.05, 3.63) is 64.9 Å². The third-order valence-electron chi connectivity index (χ3n) is 4.10. The zero-order valence-corrected chi connectivity index (χ0v) is 17.2. The van der Waals surface area contributed by atoms with E-state index in [4.69, 9.17) is 11.6 Å². The molecule has 1 unspecified atom stereocenters. The van der Waals surface area contributed by atoms with Gasteiger partial charge in [0.1, 0.15) is 5.82 Å². The Kier molecular flexibility index (Phi) is 7.94. The van der Waals surface area contributed by atoms with Crippen LogP contribution in [0.4, 0.5) is 4.39 Å². The number of halogens is 2. The van der Waals surface area contributed by atoms with Crippen LogP contribution in [0.2, 0.25) is 5.02 Å². The molecule has 28 heavy (non-hydrogen) atoms. The first-order valence-electron chi connectivity index (χ1n) is 8.63. The summed E-state index contributed by atoms with van der Waals surface area (Å²) in [7, 11) is -0.0669. The van der Waals surface area contributed by atoms with Crippen molar-refractivity contribution in [3.8, 4) is 0 Å². The van der Waals surface area contributed by atoms with Crippen molar-refractivity contribution in [1.29, 1.82) is 0 Å². The molecule has 0 aromatic heterocycles. The van der Waals surface area contributed by atoms with Gasteiger partial charge in [0.2, 0.25) is 15.9 Å². The van der Waals surface area contributed by atoms with Gasteiger partial charge in [0.15, 0.2) is 0 Å². The number of carbonyl (C=O) groups is 1. The summed E-state index contributed by atoms with van der Waals surface area (Å²) >= 11 is 5.81. The minimum absolute atomic E-state index is 0.0247. The molecule has 0 aliphatic heterocycles. The molecule has 0 radical (unpaired) electrons. The van der Waals surface area contributed by atoms with E-state index in [1.807, 2.05) is 19.0 Å². The Bertz CT molecular complexity index is 922. The minimum Gasteiger partial charge on any atom is -0.354 e. The molecule has 2 rings (SSSR count). The van der Waals surface area contributed by atoms with E-state index in [1.54, 1.807) is 18.2 Å². The molecule has 0 heterocycles. The Morgan fingerprint density at radius 2 is 1.89 bits per heavy atom. The van der Waals surface area contributed by atoms with E-state index in [9.17, 15) is 17.6 Å². The van der Waals surface area contributed by atoms with Crippen LogP contribution in [-0.2, 0) is 14.8 Å². The number of benzene rings is 2. The fourth-order valence-corrected chi connectivity index (χ4v) is 3.96. The third kappa shape index (κ3) is 6.56. The molecular weight excluding hydrogens is 405 g/mol. The molecule has 0 fully saturated rings. The van der Waals surface area contributed by atoms with Gasteiger partial charge < -0.3 is 10.2 Å². The van der Waals surface area contributed by atoms with Crippen LogP contribution < -0.4 is 10.0 Å². The van der Waals surface area contributed by atoms with Crippen molar-refractivity contribution in [2.45, 2.75) is 17.4 Å². The molecule has 1 amide bonds. The van der Waals surface area contributed by atoms with E-state index in [1.165, 1.54) is 30.3 Å². The largest absolute Gasteiger partial charge is 0.354 e. The van der Waals surface area contributed by atoms with Crippen LogP contribution in [0.3, 0.4) is 0 Å². The second-order valence-corrected chi connectivity index (χ2v) is 8.65. The minimum atomic E-state index is -3.74. The van der Waals surface area contributed by atoms with Crippen molar-refractivity contribution in [2.75, 3.05) is 27.2 Å². The Labute approximate surface area is 169 Å². The van der Waals surface area contributed by atoms with Gasteiger partial charge in [0, 0.05) is 24.5 Å². The molecule has 0 spiro atoms. The number of hydrogen-bond donors (Lipinski definition) is 2. The van der Waals surface area contributed by atoms with E-state index in [0.29, 0.717) is 5.02 Å². The van der Waals surface area contributed by atoms with Crippen LogP contribution in [0.1, 0.15) is 18.0 Å². The van der Waals surface area contributed by atoms with E-state index in [0.717, 1.165) is 5.56 Å². The normalized spacial score (nSPS) is 12.8. The molecule has 0 aliphatic carbocycles. The number of carbonyl (C=O) groups excluding carboxylic acids is 1. The number of rotatable bonds is 9. The van der Waals surface area contributed by atoms with Crippen LogP contribution in [0, 0.1) is 5.82 Å². The van der Waals surface area contributed by atoms with E-state index >= 15 is 0 Å². The number of amides is 1. The first kappa shape index (κ1) is 22.3. The Balaban J connectivity index is 1.86. The maximum absolute atomic E-state index is 13.5. The second-order valence-electron chi connectivity index (χ2n) is 6.44. The van der Waals surface area contributed by atoms with Gasteiger partial charge in [-0.1, -0.05) is 29.8 Å². The highest BCUT2D eigenvalue weighted by Gasteiger charge is 2.17. The Morgan fingerprint density at radius 3 is 2.54 bits per heavy atom. The SMILES string of the molecule is CN(C)C(CNC(=O)CCNS(=O)(=O)c1cccc(Cl)c1)c1cccc(F)c1. The molecule has 0 bridgehead atoms. The van der Waals surface area contributed by atoms with Crippen molar-refractivity contribution >= 4 is 27.5 Å². The molecule has 2 aromatic carbocycles. The molecule has 0 aliphatic rings. The molecule has 2 aromatic rings. The zero-order valence-electron chi connectivity index (χ0n) is 15.7. The van der Waals surface area contributed by atoms with Crippen LogP contribution in [0.25, 0.3) is 0 Å². The molecule has 1 atom stereocenters. The van der Waals surface area contributed by atoms with Gasteiger partial charge in [-0.05, 0) is 50.0 Å². The van der Waals surface area contributed by atoms with Gasteiger partial charge in [-0.3, -0.25) is 4.79 Å². The maximum Gasteiger partial charge on any atom is 0.240 e. The van der Waals surface area contributed by atoms with Crippen LogP contribution in [0.5, 0.6) is 0 Å². The van der Waals surface area contributed by atoms with Gasteiger partial charge in [-0.15, -0.1) is 0 Å². The van der Waals surface area contributed by atoms with Crippen LogP contribution in [-0.4, -0.2) is 46.4 Å². The van der Waals surface area contributed by atoms with Crippen LogP contribution in [0.15, 0.2) is 53.4 Å². The first-order valence-corrected chi connectivity index (χ1v) is 10.5. The maximum atomic E-state index is 13.5. The van der Waals surface area contributed by atoms with E-state index in [-0.39, 0.29) is 42.2 Å². The Morgan fingerprint density at radius 1 is 1.18 bits per heavy atom. The topological polar surface area (TPSA) is 78.5 Å². The Hall–Kier alpha value is -2.00. The van der Waals surface area contributed by atoms with Crippen LogP contribution >= 0.6 is 11.6 Å².